The van der Waals surface area contributed by atoms with Gasteiger partial charge in [-0.25, -0.2) is 0 Å². The van der Waals surface area contributed by atoms with E-state index in [-0.39, 0.29) is 0 Å². The molecule has 1 saturated heterocycles. The molecule has 0 bridgehead atoms. The van der Waals surface area contributed by atoms with Crippen molar-refractivity contribution in [3.63, 3.8) is 0 Å². The maximum Gasteiger partial charge on any atom is 0.00500 e. The second-order valence-electron chi connectivity index (χ2n) is 5.59. The average Bonchev–Trinajstić information content (AvgIpc) is 2.74. The van der Waals surface area contributed by atoms with Crippen molar-refractivity contribution in [2.75, 3.05) is 26.2 Å². The van der Waals surface area contributed by atoms with Crippen LogP contribution in [0.25, 0.3) is 0 Å². The summed E-state index contributed by atoms with van der Waals surface area (Å²) in [5, 5.41) is 0. The number of rotatable bonds is 7. The zero-order valence-electron chi connectivity index (χ0n) is 11.5. The lowest BCUT2D eigenvalue weighted by molar-refractivity contribution is 0.162. The maximum absolute atomic E-state index is 5.97. The van der Waals surface area contributed by atoms with Crippen LogP contribution in [0.2, 0.25) is 0 Å². The first-order valence-corrected chi connectivity index (χ1v) is 7.12. The van der Waals surface area contributed by atoms with Crippen molar-refractivity contribution in [1.29, 1.82) is 0 Å². The summed E-state index contributed by atoms with van der Waals surface area (Å²) in [6.45, 7) is 11.5. The summed E-state index contributed by atoms with van der Waals surface area (Å²) >= 11 is 0. The minimum absolute atomic E-state index is 0.376. The monoisotopic (exact) mass is 226 g/mol. The number of hydrogen-bond donors (Lipinski definition) is 1. The van der Waals surface area contributed by atoms with E-state index in [9.17, 15) is 0 Å². The molecule has 0 radical (unpaired) electrons. The van der Waals surface area contributed by atoms with E-state index in [2.05, 4.69) is 25.7 Å². The van der Waals surface area contributed by atoms with E-state index in [0.29, 0.717) is 5.41 Å². The van der Waals surface area contributed by atoms with E-state index in [0.717, 1.165) is 12.5 Å². The zero-order chi connectivity index (χ0) is 12.0. The summed E-state index contributed by atoms with van der Waals surface area (Å²) in [7, 11) is 0. The maximum atomic E-state index is 5.97. The Hall–Kier alpha value is -0.0800. The fraction of sp³-hybridized carbons (Fsp3) is 1.00. The van der Waals surface area contributed by atoms with Crippen molar-refractivity contribution in [2.24, 2.45) is 17.1 Å². The van der Waals surface area contributed by atoms with Crippen LogP contribution in [-0.4, -0.2) is 31.1 Å². The van der Waals surface area contributed by atoms with Crippen molar-refractivity contribution in [1.82, 2.24) is 4.90 Å². The smallest absolute Gasteiger partial charge is 0.00500 e. The van der Waals surface area contributed by atoms with Gasteiger partial charge in [-0.2, -0.15) is 0 Å². The van der Waals surface area contributed by atoms with Gasteiger partial charge in [0.1, 0.15) is 0 Å². The lowest BCUT2D eigenvalue weighted by atomic mass is 9.82. The predicted octanol–water partition coefficient (Wildman–Crippen LogP) is 2.87. The van der Waals surface area contributed by atoms with E-state index in [1.54, 1.807) is 0 Å². The second kappa shape index (κ2) is 6.61. The highest BCUT2D eigenvalue weighted by Crippen LogP contribution is 2.29. The minimum atomic E-state index is 0.376. The molecule has 0 amide bonds. The first kappa shape index (κ1) is 14.0. The van der Waals surface area contributed by atoms with Gasteiger partial charge in [-0.3, -0.25) is 0 Å². The van der Waals surface area contributed by atoms with Gasteiger partial charge >= 0.3 is 0 Å². The van der Waals surface area contributed by atoms with E-state index in [1.807, 2.05) is 0 Å². The fourth-order valence-electron chi connectivity index (χ4n) is 3.00. The quantitative estimate of drug-likeness (QED) is 0.723. The van der Waals surface area contributed by atoms with Gasteiger partial charge < -0.3 is 10.6 Å². The van der Waals surface area contributed by atoms with Crippen molar-refractivity contribution < 1.29 is 0 Å². The van der Waals surface area contributed by atoms with Gasteiger partial charge in [0.05, 0.1) is 0 Å². The highest BCUT2D eigenvalue weighted by Gasteiger charge is 2.30. The molecule has 0 aromatic carbocycles. The number of nitrogens with two attached hydrogens (primary N) is 1. The second-order valence-corrected chi connectivity index (χ2v) is 5.59. The molecule has 0 aromatic rings. The van der Waals surface area contributed by atoms with Crippen LogP contribution in [0.4, 0.5) is 0 Å². The highest BCUT2D eigenvalue weighted by atomic mass is 15.2. The Morgan fingerprint density at radius 2 is 1.94 bits per heavy atom. The van der Waals surface area contributed by atoms with Gasteiger partial charge in [0.25, 0.3) is 0 Å². The molecule has 1 heterocycles. The average molecular weight is 226 g/mol. The summed E-state index contributed by atoms with van der Waals surface area (Å²) in [6, 6.07) is 0. The summed E-state index contributed by atoms with van der Waals surface area (Å²) in [6.07, 6.45) is 6.58. The standard InChI is InChI=1S/C14H30N2/c1-4-7-13-8-9-16(10-13)12-14(5-2,6-3)11-15/h13H,4-12,15H2,1-3H3. The lowest BCUT2D eigenvalue weighted by Crippen LogP contribution is -2.41. The topological polar surface area (TPSA) is 29.3 Å². The summed E-state index contributed by atoms with van der Waals surface area (Å²) < 4.78 is 0. The molecule has 0 aromatic heterocycles. The normalized spacial score (nSPS) is 22.9. The molecule has 2 nitrogen and oxygen atoms in total. The third-order valence-corrected chi connectivity index (χ3v) is 4.56. The summed E-state index contributed by atoms with van der Waals surface area (Å²) in [5.41, 5.74) is 6.35. The van der Waals surface area contributed by atoms with Crippen LogP contribution >= 0.6 is 0 Å². The molecule has 96 valence electrons. The Labute approximate surface area is 102 Å². The van der Waals surface area contributed by atoms with Gasteiger partial charge in [-0.1, -0.05) is 27.2 Å². The zero-order valence-corrected chi connectivity index (χ0v) is 11.5. The first-order chi connectivity index (χ1) is 7.69. The summed E-state index contributed by atoms with van der Waals surface area (Å²) in [5.74, 6) is 0.953. The molecule has 16 heavy (non-hydrogen) atoms. The first-order valence-electron chi connectivity index (χ1n) is 7.12. The van der Waals surface area contributed by atoms with Gasteiger partial charge in [-0.05, 0) is 50.1 Å². The number of likely N-dealkylation sites (tertiary alicyclic amines) is 1. The van der Waals surface area contributed by atoms with Crippen LogP contribution in [-0.2, 0) is 0 Å². The Morgan fingerprint density at radius 1 is 1.25 bits per heavy atom. The third kappa shape index (κ3) is 3.46. The number of nitrogens with zero attached hydrogens (tertiary/aromatic N) is 1. The van der Waals surface area contributed by atoms with Gasteiger partial charge in [0.15, 0.2) is 0 Å². The molecule has 1 atom stereocenters. The largest absolute Gasteiger partial charge is 0.330 e. The van der Waals surface area contributed by atoms with Crippen LogP contribution in [0.15, 0.2) is 0 Å². The molecule has 2 heteroatoms. The predicted molar refractivity (Wildman–Crippen MR) is 71.5 cm³/mol. The Bertz CT molecular complexity index is 179. The van der Waals surface area contributed by atoms with Gasteiger partial charge in [-0.15, -0.1) is 0 Å². The van der Waals surface area contributed by atoms with Crippen molar-refractivity contribution >= 4 is 0 Å². The van der Waals surface area contributed by atoms with Crippen LogP contribution in [0.5, 0.6) is 0 Å². The van der Waals surface area contributed by atoms with E-state index in [4.69, 9.17) is 5.73 Å². The number of hydrogen-bond acceptors (Lipinski definition) is 2. The molecule has 1 aliphatic heterocycles. The minimum Gasteiger partial charge on any atom is -0.330 e. The van der Waals surface area contributed by atoms with Crippen molar-refractivity contribution in [3.05, 3.63) is 0 Å². The van der Waals surface area contributed by atoms with Gasteiger partial charge in [0.2, 0.25) is 0 Å². The van der Waals surface area contributed by atoms with Crippen LogP contribution in [0.3, 0.4) is 0 Å². The van der Waals surface area contributed by atoms with E-state index >= 15 is 0 Å². The third-order valence-electron chi connectivity index (χ3n) is 4.56. The van der Waals surface area contributed by atoms with E-state index < -0.39 is 0 Å². The molecule has 1 aliphatic rings. The molecule has 0 aliphatic carbocycles. The lowest BCUT2D eigenvalue weighted by Gasteiger charge is -2.34. The molecule has 0 spiro atoms. The fourth-order valence-corrected chi connectivity index (χ4v) is 3.00. The Morgan fingerprint density at radius 3 is 2.44 bits per heavy atom. The van der Waals surface area contributed by atoms with Crippen LogP contribution in [0, 0.1) is 11.3 Å². The van der Waals surface area contributed by atoms with Crippen molar-refractivity contribution in [3.8, 4) is 0 Å². The van der Waals surface area contributed by atoms with Crippen molar-refractivity contribution in [2.45, 2.75) is 52.9 Å². The molecular weight excluding hydrogens is 196 g/mol. The molecule has 1 fully saturated rings. The van der Waals surface area contributed by atoms with Crippen LogP contribution < -0.4 is 5.73 Å². The molecular formula is C14H30N2. The Balaban J connectivity index is 2.42. The van der Waals surface area contributed by atoms with Gasteiger partial charge in [0, 0.05) is 13.1 Å². The van der Waals surface area contributed by atoms with E-state index in [1.165, 1.54) is 51.7 Å². The Kier molecular flexibility index (Phi) is 5.77. The van der Waals surface area contributed by atoms with Crippen LogP contribution in [0.1, 0.15) is 52.9 Å². The SMILES string of the molecule is CCCC1CCN(CC(CC)(CC)CN)C1. The molecule has 0 saturated carbocycles. The molecule has 2 N–H and O–H groups in total. The molecule has 1 unspecified atom stereocenters. The highest BCUT2D eigenvalue weighted by molar-refractivity contribution is 4.85. The summed E-state index contributed by atoms with van der Waals surface area (Å²) in [4.78, 5) is 2.65. The molecule has 1 rings (SSSR count).